The number of hydrogen-bond acceptors (Lipinski definition) is 4. The highest BCUT2D eigenvalue weighted by molar-refractivity contribution is 7.99. The van der Waals surface area contributed by atoms with Gasteiger partial charge in [-0.25, -0.2) is 4.79 Å². The fourth-order valence-corrected chi connectivity index (χ4v) is 2.56. The molecule has 0 aliphatic carbocycles. The van der Waals surface area contributed by atoms with E-state index in [0.717, 1.165) is 15.5 Å². The van der Waals surface area contributed by atoms with Gasteiger partial charge in [0.15, 0.2) is 0 Å². The fourth-order valence-electron chi connectivity index (χ4n) is 1.66. The van der Waals surface area contributed by atoms with Crippen molar-refractivity contribution in [2.24, 2.45) is 0 Å². The number of hydrogen-bond donors (Lipinski definition) is 1. The number of aromatic carboxylic acids is 1. The van der Waals surface area contributed by atoms with Gasteiger partial charge in [0, 0.05) is 4.90 Å². The fraction of sp³-hybridized carbons (Fsp3) is 0.133. The summed E-state index contributed by atoms with van der Waals surface area (Å²) in [6, 6.07) is 12.5. The Balaban J connectivity index is 2.25. The largest absolute Gasteiger partial charge is 0.497 e. The summed E-state index contributed by atoms with van der Waals surface area (Å²) in [5, 5.41) is 8.97. The van der Waals surface area contributed by atoms with Gasteiger partial charge in [-0.1, -0.05) is 11.8 Å². The Bertz CT molecular complexity index is 608. The Labute approximate surface area is 121 Å². The predicted molar refractivity (Wildman–Crippen MR) is 77.1 cm³/mol. The molecule has 0 aliphatic rings. The van der Waals surface area contributed by atoms with E-state index < -0.39 is 5.97 Å². The van der Waals surface area contributed by atoms with Crippen molar-refractivity contribution in [2.75, 3.05) is 14.2 Å². The van der Waals surface area contributed by atoms with Gasteiger partial charge < -0.3 is 14.6 Å². The van der Waals surface area contributed by atoms with Crippen molar-refractivity contribution in [1.29, 1.82) is 0 Å². The van der Waals surface area contributed by atoms with Gasteiger partial charge in [0.2, 0.25) is 0 Å². The third-order valence-corrected chi connectivity index (χ3v) is 3.76. The molecule has 1 N–H and O–H groups in total. The second kappa shape index (κ2) is 6.34. The van der Waals surface area contributed by atoms with Crippen LogP contribution in [0.5, 0.6) is 11.5 Å². The van der Waals surface area contributed by atoms with Crippen molar-refractivity contribution >= 4 is 17.7 Å². The van der Waals surface area contributed by atoms with E-state index in [1.54, 1.807) is 19.2 Å². The van der Waals surface area contributed by atoms with Gasteiger partial charge in [-0.15, -0.1) is 0 Å². The van der Waals surface area contributed by atoms with E-state index in [2.05, 4.69) is 0 Å². The van der Waals surface area contributed by atoms with Crippen molar-refractivity contribution in [2.45, 2.75) is 9.79 Å². The lowest BCUT2D eigenvalue weighted by molar-refractivity contribution is 0.0696. The maximum Gasteiger partial charge on any atom is 0.335 e. The summed E-state index contributed by atoms with van der Waals surface area (Å²) >= 11 is 1.50. The zero-order valence-electron chi connectivity index (χ0n) is 11.1. The van der Waals surface area contributed by atoms with Crippen LogP contribution in [0.1, 0.15) is 10.4 Å². The average molecular weight is 290 g/mol. The van der Waals surface area contributed by atoms with Crippen molar-refractivity contribution in [3.63, 3.8) is 0 Å². The molecule has 0 spiro atoms. The zero-order valence-corrected chi connectivity index (χ0v) is 11.9. The molecule has 0 amide bonds. The predicted octanol–water partition coefficient (Wildman–Crippen LogP) is 3.55. The molecule has 2 aromatic carbocycles. The Hall–Kier alpha value is -2.14. The Morgan fingerprint density at radius 2 is 1.75 bits per heavy atom. The van der Waals surface area contributed by atoms with Crippen LogP contribution in [0, 0.1) is 0 Å². The number of benzene rings is 2. The molecule has 0 saturated heterocycles. The molecule has 0 bridgehead atoms. The van der Waals surface area contributed by atoms with E-state index in [0.29, 0.717) is 5.75 Å². The van der Waals surface area contributed by atoms with Gasteiger partial charge in [0.1, 0.15) is 11.5 Å². The molecule has 2 aromatic rings. The Morgan fingerprint density at radius 3 is 2.30 bits per heavy atom. The molecule has 0 atom stereocenters. The van der Waals surface area contributed by atoms with Crippen LogP contribution in [0.4, 0.5) is 0 Å². The van der Waals surface area contributed by atoms with Crippen LogP contribution in [0.15, 0.2) is 52.3 Å². The smallest absolute Gasteiger partial charge is 0.335 e. The first-order valence-electron chi connectivity index (χ1n) is 5.87. The lowest BCUT2D eigenvalue weighted by atomic mass is 10.2. The number of carboxylic acid groups (broad SMARTS) is 1. The molecular weight excluding hydrogens is 276 g/mol. The van der Waals surface area contributed by atoms with Crippen molar-refractivity contribution in [1.82, 2.24) is 0 Å². The molecule has 4 nitrogen and oxygen atoms in total. The maximum atomic E-state index is 10.9. The number of rotatable bonds is 5. The van der Waals surface area contributed by atoms with Crippen molar-refractivity contribution in [3.8, 4) is 11.5 Å². The lowest BCUT2D eigenvalue weighted by Gasteiger charge is -2.09. The molecule has 0 heterocycles. The maximum absolute atomic E-state index is 10.9. The van der Waals surface area contributed by atoms with Gasteiger partial charge in [-0.2, -0.15) is 0 Å². The number of methoxy groups -OCH3 is 2. The average Bonchev–Trinajstić information content (AvgIpc) is 2.48. The highest BCUT2D eigenvalue weighted by Gasteiger charge is 2.10. The van der Waals surface area contributed by atoms with Crippen LogP contribution in [0.3, 0.4) is 0 Å². The summed E-state index contributed by atoms with van der Waals surface area (Å²) in [6.07, 6.45) is 0. The Morgan fingerprint density at radius 1 is 1.05 bits per heavy atom. The van der Waals surface area contributed by atoms with Crippen molar-refractivity contribution in [3.05, 3.63) is 48.0 Å². The quantitative estimate of drug-likeness (QED) is 0.912. The van der Waals surface area contributed by atoms with Crippen LogP contribution in [-0.4, -0.2) is 25.3 Å². The second-order valence-corrected chi connectivity index (χ2v) is 5.06. The van der Waals surface area contributed by atoms with E-state index in [1.165, 1.54) is 24.9 Å². The first kappa shape index (κ1) is 14.3. The summed E-state index contributed by atoms with van der Waals surface area (Å²) in [5.74, 6) is 0.373. The third kappa shape index (κ3) is 3.24. The summed E-state index contributed by atoms with van der Waals surface area (Å²) in [7, 11) is 3.15. The topological polar surface area (TPSA) is 55.8 Å². The van der Waals surface area contributed by atoms with Crippen LogP contribution < -0.4 is 9.47 Å². The standard InChI is InChI=1S/C15H14O4S/c1-18-11-4-6-12(7-5-11)20-14-8-3-10(15(16)17)9-13(14)19-2/h3-9H,1-2H3,(H,16,17). The first-order chi connectivity index (χ1) is 9.63. The second-order valence-electron chi connectivity index (χ2n) is 3.95. The minimum absolute atomic E-state index is 0.209. The summed E-state index contributed by atoms with van der Waals surface area (Å²) < 4.78 is 10.4. The van der Waals surface area contributed by atoms with E-state index in [4.69, 9.17) is 14.6 Å². The lowest BCUT2D eigenvalue weighted by Crippen LogP contribution is -1.97. The minimum Gasteiger partial charge on any atom is -0.497 e. The SMILES string of the molecule is COc1ccc(Sc2ccc(C(=O)O)cc2OC)cc1. The van der Waals surface area contributed by atoms with Gasteiger partial charge in [0.05, 0.1) is 24.7 Å². The highest BCUT2D eigenvalue weighted by Crippen LogP contribution is 2.36. The Kier molecular flexibility index (Phi) is 4.53. The molecule has 0 saturated carbocycles. The van der Waals surface area contributed by atoms with E-state index in [9.17, 15) is 4.79 Å². The minimum atomic E-state index is -0.968. The van der Waals surface area contributed by atoms with Crippen LogP contribution in [0.25, 0.3) is 0 Å². The molecule has 0 aromatic heterocycles. The zero-order chi connectivity index (χ0) is 14.5. The molecule has 20 heavy (non-hydrogen) atoms. The number of carbonyl (C=O) groups is 1. The van der Waals surface area contributed by atoms with Gasteiger partial charge in [-0.05, 0) is 42.5 Å². The molecule has 0 fully saturated rings. The molecule has 2 rings (SSSR count). The van der Waals surface area contributed by atoms with Crippen LogP contribution in [-0.2, 0) is 0 Å². The third-order valence-electron chi connectivity index (χ3n) is 2.70. The normalized spacial score (nSPS) is 10.1. The van der Waals surface area contributed by atoms with Crippen LogP contribution in [0.2, 0.25) is 0 Å². The monoisotopic (exact) mass is 290 g/mol. The molecule has 104 valence electrons. The van der Waals surface area contributed by atoms with Gasteiger partial charge >= 0.3 is 5.97 Å². The van der Waals surface area contributed by atoms with E-state index >= 15 is 0 Å². The molecule has 0 unspecified atom stereocenters. The highest BCUT2D eigenvalue weighted by atomic mass is 32.2. The summed E-state index contributed by atoms with van der Waals surface area (Å²) in [4.78, 5) is 12.8. The van der Waals surface area contributed by atoms with Crippen molar-refractivity contribution < 1.29 is 19.4 Å². The molecular formula is C15H14O4S. The van der Waals surface area contributed by atoms with E-state index in [-0.39, 0.29) is 5.56 Å². The summed E-state index contributed by atoms with van der Waals surface area (Å²) in [6.45, 7) is 0. The van der Waals surface area contributed by atoms with E-state index in [1.807, 2.05) is 24.3 Å². The van der Waals surface area contributed by atoms with Gasteiger partial charge in [-0.3, -0.25) is 0 Å². The van der Waals surface area contributed by atoms with Gasteiger partial charge in [0.25, 0.3) is 0 Å². The van der Waals surface area contributed by atoms with Crippen LogP contribution >= 0.6 is 11.8 Å². The number of carboxylic acids is 1. The first-order valence-corrected chi connectivity index (χ1v) is 6.69. The number of ether oxygens (including phenoxy) is 2. The summed E-state index contributed by atoms with van der Waals surface area (Å²) in [5.41, 5.74) is 0.209. The molecule has 0 aliphatic heterocycles. The molecule has 0 radical (unpaired) electrons. The molecule has 5 heteroatoms.